The first-order valence-electron chi connectivity index (χ1n) is 5.70. The number of nitrogens with two attached hydrogens (primary N) is 1. The number of amides is 1. The number of hydrogen-bond acceptors (Lipinski definition) is 3. The molecule has 94 valence electrons. The largest absolute Gasteiger partial charge is 0.492 e. The third-order valence-corrected chi connectivity index (χ3v) is 2.48. The molecule has 0 aliphatic rings. The van der Waals surface area contributed by atoms with E-state index in [0.29, 0.717) is 6.61 Å². The number of primary amides is 1. The fourth-order valence-electron chi connectivity index (χ4n) is 1.59. The van der Waals surface area contributed by atoms with E-state index in [9.17, 15) is 4.79 Å². The molecule has 1 heterocycles. The quantitative estimate of drug-likeness (QED) is 0.825. The maximum absolute atomic E-state index is 10.7. The Balaban J connectivity index is 1.81. The van der Waals surface area contributed by atoms with Gasteiger partial charge in [-0.2, -0.15) is 0 Å². The Kier molecular flexibility index (Phi) is 3.96. The van der Waals surface area contributed by atoms with Crippen molar-refractivity contribution in [2.45, 2.75) is 13.0 Å². The molecule has 0 atom stereocenters. The lowest BCUT2D eigenvalue weighted by atomic mass is 10.1. The second-order valence-electron chi connectivity index (χ2n) is 3.94. The van der Waals surface area contributed by atoms with Gasteiger partial charge < -0.3 is 15.0 Å². The Morgan fingerprint density at radius 2 is 2.11 bits per heavy atom. The number of aromatic nitrogens is 2. The molecule has 0 aliphatic heterocycles. The molecule has 0 spiro atoms. The topological polar surface area (TPSA) is 70.1 Å². The predicted octanol–water partition coefficient (Wildman–Crippen LogP) is 0.990. The number of ether oxygens (including phenoxy) is 1. The summed E-state index contributed by atoms with van der Waals surface area (Å²) in [5.41, 5.74) is 6.01. The van der Waals surface area contributed by atoms with Crippen LogP contribution in [0.3, 0.4) is 0 Å². The minimum absolute atomic E-state index is 0.259. The van der Waals surface area contributed by atoms with Gasteiger partial charge in [-0.1, -0.05) is 12.1 Å². The van der Waals surface area contributed by atoms with Crippen molar-refractivity contribution in [1.82, 2.24) is 9.55 Å². The second-order valence-corrected chi connectivity index (χ2v) is 3.94. The number of nitrogens with zero attached hydrogens (tertiary/aromatic N) is 2. The Bertz CT molecular complexity index is 491. The van der Waals surface area contributed by atoms with E-state index in [1.54, 1.807) is 12.5 Å². The molecule has 0 radical (unpaired) electrons. The zero-order chi connectivity index (χ0) is 12.8. The number of carbonyl (C=O) groups excluding carboxylic acids is 1. The highest BCUT2D eigenvalue weighted by Gasteiger charge is 1.99. The highest BCUT2D eigenvalue weighted by Crippen LogP contribution is 2.12. The smallest absolute Gasteiger partial charge is 0.221 e. The van der Waals surface area contributed by atoms with Gasteiger partial charge in [0.25, 0.3) is 0 Å². The van der Waals surface area contributed by atoms with Gasteiger partial charge in [0.2, 0.25) is 5.91 Å². The summed E-state index contributed by atoms with van der Waals surface area (Å²) in [5.74, 6) is 0.451. The summed E-state index contributed by atoms with van der Waals surface area (Å²) in [4.78, 5) is 14.7. The van der Waals surface area contributed by atoms with E-state index in [0.717, 1.165) is 17.9 Å². The number of rotatable bonds is 6. The molecule has 2 rings (SSSR count). The van der Waals surface area contributed by atoms with Crippen LogP contribution in [0.15, 0.2) is 43.0 Å². The summed E-state index contributed by atoms with van der Waals surface area (Å²) < 4.78 is 7.52. The molecule has 5 nitrogen and oxygen atoms in total. The maximum Gasteiger partial charge on any atom is 0.221 e. The van der Waals surface area contributed by atoms with Crippen LogP contribution in [0.5, 0.6) is 5.75 Å². The van der Waals surface area contributed by atoms with Gasteiger partial charge >= 0.3 is 0 Å². The summed E-state index contributed by atoms with van der Waals surface area (Å²) in [7, 11) is 0. The maximum atomic E-state index is 10.7. The molecule has 0 saturated heterocycles. The van der Waals surface area contributed by atoms with Gasteiger partial charge in [-0.15, -0.1) is 0 Å². The molecule has 0 saturated carbocycles. The van der Waals surface area contributed by atoms with Crippen molar-refractivity contribution < 1.29 is 9.53 Å². The van der Waals surface area contributed by atoms with Crippen LogP contribution in [0.25, 0.3) is 0 Å². The molecule has 2 aromatic rings. The lowest BCUT2D eigenvalue weighted by Gasteiger charge is -2.07. The van der Waals surface area contributed by atoms with Crippen LogP contribution in [-0.2, 0) is 17.8 Å². The third kappa shape index (κ3) is 3.62. The van der Waals surface area contributed by atoms with Crippen molar-refractivity contribution in [2.24, 2.45) is 5.73 Å². The summed E-state index contributed by atoms with van der Waals surface area (Å²) >= 11 is 0. The predicted molar refractivity (Wildman–Crippen MR) is 67.1 cm³/mol. The molecule has 1 amide bonds. The molecule has 5 heteroatoms. The first kappa shape index (κ1) is 12.2. The van der Waals surface area contributed by atoms with Gasteiger partial charge in [-0.3, -0.25) is 4.79 Å². The van der Waals surface area contributed by atoms with Gasteiger partial charge in [0.05, 0.1) is 19.3 Å². The Morgan fingerprint density at radius 3 is 2.72 bits per heavy atom. The van der Waals surface area contributed by atoms with Crippen LogP contribution in [0.2, 0.25) is 0 Å². The minimum atomic E-state index is -0.330. The van der Waals surface area contributed by atoms with Crippen LogP contribution in [-0.4, -0.2) is 22.1 Å². The molecule has 1 aromatic heterocycles. The van der Waals surface area contributed by atoms with Crippen molar-refractivity contribution in [3.63, 3.8) is 0 Å². The molecule has 0 fully saturated rings. The third-order valence-electron chi connectivity index (χ3n) is 2.48. The molecular formula is C13H15N3O2. The van der Waals surface area contributed by atoms with Crippen molar-refractivity contribution in [3.8, 4) is 5.75 Å². The van der Waals surface area contributed by atoms with Crippen molar-refractivity contribution >= 4 is 5.91 Å². The number of carbonyl (C=O) groups is 1. The van der Waals surface area contributed by atoms with Gasteiger partial charge in [-0.05, 0) is 17.7 Å². The Hall–Kier alpha value is -2.30. The van der Waals surface area contributed by atoms with Gasteiger partial charge in [-0.25, -0.2) is 4.98 Å². The van der Waals surface area contributed by atoms with E-state index >= 15 is 0 Å². The SMILES string of the molecule is NC(=O)Cc1ccc(OCCn2ccnc2)cc1. The lowest BCUT2D eigenvalue weighted by Crippen LogP contribution is -2.13. The van der Waals surface area contributed by atoms with Crippen LogP contribution < -0.4 is 10.5 Å². The molecular weight excluding hydrogens is 230 g/mol. The van der Waals surface area contributed by atoms with Crippen LogP contribution in [0.1, 0.15) is 5.56 Å². The minimum Gasteiger partial charge on any atom is -0.492 e. The highest BCUT2D eigenvalue weighted by atomic mass is 16.5. The van der Waals surface area contributed by atoms with Crippen molar-refractivity contribution in [3.05, 3.63) is 48.5 Å². The normalized spacial score (nSPS) is 10.2. The number of benzene rings is 1. The summed E-state index contributed by atoms with van der Waals surface area (Å²) in [6.07, 6.45) is 5.63. The number of imidazole rings is 1. The lowest BCUT2D eigenvalue weighted by molar-refractivity contribution is -0.117. The summed E-state index contributed by atoms with van der Waals surface area (Å²) in [6.45, 7) is 1.33. The fourth-order valence-corrected chi connectivity index (χ4v) is 1.59. The standard InChI is InChI=1S/C13H15N3O2/c14-13(17)9-11-1-3-12(4-2-11)18-8-7-16-6-5-15-10-16/h1-6,10H,7-9H2,(H2,14,17). The molecule has 18 heavy (non-hydrogen) atoms. The average Bonchev–Trinajstić information content (AvgIpc) is 2.84. The number of hydrogen-bond donors (Lipinski definition) is 1. The highest BCUT2D eigenvalue weighted by molar-refractivity contribution is 5.76. The molecule has 1 aromatic carbocycles. The van der Waals surface area contributed by atoms with Crippen molar-refractivity contribution in [2.75, 3.05) is 6.61 Å². The molecule has 0 unspecified atom stereocenters. The molecule has 0 aliphatic carbocycles. The van der Waals surface area contributed by atoms with Crippen LogP contribution in [0, 0.1) is 0 Å². The van der Waals surface area contributed by atoms with E-state index in [-0.39, 0.29) is 12.3 Å². The van der Waals surface area contributed by atoms with Crippen LogP contribution >= 0.6 is 0 Å². The fraction of sp³-hybridized carbons (Fsp3) is 0.231. The Morgan fingerprint density at radius 1 is 1.33 bits per heavy atom. The van der Waals surface area contributed by atoms with Crippen LogP contribution in [0.4, 0.5) is 0 Å². The second kappa shape index (κ2) is 5.86. The zero-order valence-corrected chi connectivity index (χ0v) is 9.95. The van der Waals surface area contributed by atoms with Gasteiger partial charge in [0.1, 0.15) is 12.4 Å². The van der Waals surface area contributed by atoms with E-state index in [2.05, 4.69) is 4.98 Å². The summed E-state index contributed by atoms with van der Waals surface area (Å²) in [5, 5.41) is 0. The van der Waals surface area contributed by atoms with E-state index < -0.39 is 0 Å². The van der Waals surface area contributed by atoms with E-state index in [4.69, 9.17) is 10.5 Å². The van der Waals surface area contributed by atoms with Gasteiger partial charge in [0.15, 0.2) is 0 Å². The first-order chi connectivity index (χ1) is 8.74. The van der Waals surface area contributed by atoms with Crippen molar-refractivity contribution in [1.29, 1.82) is 0 Å². The van der Waals surface area contributed by atoms with E-state index in [1.165, 1.54) is 0 Å². The molecule has 2 N–H and O–H groups in total. The van der Waals surface area contributed by atoms with E-state index in [1.807, 2.05) is 35.0 Å². The molecule has 0 bridgehead atoms. The zero-order valence-electron chi connectivity index (χ0n) is 9.95. The monoisotopic (exact) mass is 245 g/mol. The first-order valence-corrected chi connectivity index (χ1v) is 5.70. The van der Waals surface area contributed by atoms with Gasteiger partial charge in [0, 0.05) is 12.4 Å². The Labute approximate surface area is 105 Å². The summed E-state index contributed by atoms with van der Waals surface area (Å²) in [6, 6.07) is 7.37. The average molecular weight is 245 g/mol.